The van der Waals surface area contributed by atoms with Crippen molar-refractivity contribution in [3.8, 4) is 0 Å². The third kappa shape index (κ3) is 3.29. The first-order valence-electron chi connectivity index (χ1n) is 6.98. The number of hydrogen-bond acceptors (Lipinski definition) is 2. The lowest BCUT2D eigenvalue weighted by atomic mass is 9.98. The maximum Gasteiger partial charge on any atom is 0.124 e. The summed E-state index contributed by atoms with van der Waals surface area (Å²) in [4.78, 5) is 2.41. The van der Waals surface area contributed by atoms with Gasteiger partial charge < -0.3 is 10.2 Å². The minimum Gasteiger partial charge on any atom is -0.365 e. The Hall–Kier alpha value is -0.610. The number of benzene rings is 1. The van der Waals surface area contributed by atoms with Crippen molar-refractivity contribution in [3.05, 3.63) is 28.5 Å². The number of nitrogens with one attached hydrogen (secondary N) is 1. The topological polar surface area (TPSA) is 15.3 Å². The molecule has 2 rings (SSSR count). The van der Waals surface area contributed by atoms with Gasteiger partial charge in [-0.15, -0.1) is 0 Å². The van der Waals surface area contributed by atoms with Gasteiger partial charge >= 0.3 is 0 Å². The second kappa shape index (κ2) is 6.23. The van der Waals surface area contributed by atoms with Crippen molar-refractivity contribution in [2.45, 2.75) is 39.3 Å². The van der Waals surface area contributed by atoms with Gasteiger partial charge in [0.2, 0.25) is 0 Å². The average Bonchev–Trinajstić information content (AvgIpc) is 2.38. The van der Waals surface area contributed by atoms with E-state index in [0.29, 0.717) is 18.0 Å². The van der Waals surface area contributed by atoms with E-state index in [1.807, 2.05) is 6.07 Å². The standard InChI is InChI=1S/C15H22BrFN2/c1-4-12-8-18-14(10(2)3)9-19(12)15-6-5-11(17)7-13(15)16/h5-7,10,12,14,18H,4,8-9H2,1-3H3. The Morgan fingerprint density at radius 1 is 1.47 bits per heavy atom. The van der Waals surface area contributed by atoms with Crippen molar-refractivity contribution < 1.29 is 4.39 Å². The summed E-state index contributed by atoms with van der Waals surface area (Å²) in [7, 11) is 0. The molecule has 2 atom stereocenters. The minimum absolute atomic E-state index is 0.195. The van der Waals surface area contributed by atoms with Crippen LogP contribution >= 0.6 is 15.9 Å². The summed E-state index contributed by atoms with van der Waals surface area (Å²) in [5.41, 5.74) is 1.10. The third-order valence-corrected chi connectivity index (χ3v) is 4.58. The van der Waals surface area contributed by atoms with Crippen molar-refractivity contribution in [1.82, 2.24) is 5.32 Å². The monoisotopic (exact) mass is 328 g/mol. The Morgan fingerprint density at radius 2 is 2.21 bits per heavy atom. The number of hydrogen-bond donors (Lipinski definition) is 1. The van der Waals surface area contributed by atoms with Crippen molar-refractivity contribution in [2.24, 2.45) is 5.92 Å². The molecule has 1 N–H and O–H groups in total. The van der Waals surface area contributed by atoms with Crippen LogP contribution in [0.1, 0.15) is 27.2 Å². The van der Waals surface area contributed by atoms with E-state index in [-0.39, 0.29) is 5.82 Å². The predicted octanol–water partition coefficient (Wildman–Crippen LogP) is 3.80. The minimum atomic E-state index is -0.195. The molecule has 19 heavy (non-hydrogen) atoms. The van der Waals surface area contributed by atoms with Crippen LogP contribution in [0.5, 0.6) is 0 Å². The van der Waals surface area contributed by atoms with E-state index in [0.717, 1.165) is 29.7 Å². The summed E-state index contributed by atoms with van der Waals surface area (Å²) in [6.07, 6.45) is 1.08. The van der Waals surface area contributed by atoms with E-state index >= 15 is 0 Å². The van der Waals surface area contributed by atoms with E-state index in [2.05, 4.69) is 46.9 Å². The molecule has 1 aliphatic heterocycles. The molecule has 1 heterocycles. The van der Waals surface area contributed by atoms with Crippen LogP contribution in [0.3, 0.4) is 0 Å². The Kier molecular flexibility index (Phi) is 4.85. The zero-order chi connectivity index (χ0) is 14.0. The number of piperazine rings is 1. The zero-order valence-electron chi connectivity index (χ0n) is 11.8. The average molecular weight is 329 g/mol. The van der Waals surface area contributed by atoms with Gasteiger partial charge in [0.15, 0.2) is 0 Å². The van der Waals surface area contributed by atoms with Crippen LogP contribution in [0.25, 0.3) is 0 Å². The summed E-state index contributed by atoms with van der Waals surface area (Å²) < 4.78 is 14.1. The first-order chi connectivity index (χ1) is 9.02. The van der Waals surface area contributed by atoms with E-state index in [1.165, 1.54) is 0 Å². The zero-order valence-corrected chi connectivity index (χ0v) is 13.4. The maximum atomic E-state index is 13.2. The van der Waals surface area contributed by atoms with Crippen LogP contribution in [0.4, 0.5) is 10.1 Å². The van der Waals surface area contributed by atoms with Gasteiger partial charge in [-0.1, -0.05) is 20.8 Å². The lowest BCUT2D eigenvalue weighted by Crippen LogP contribution is -2.58. The molecule has 0 amide bonds. The fourth-order valence-corrected chi connectivity index (χ4v) is 3.22. The number of anilines is 1. The van der Waals surface area contributed by atoms with Crippen molar-refractivity contribution in [3.63, 3.8) is 0 Å². The molecule has 4 heteroatoms. The molecule has 1 saturated heterocycles. The third-order valence-electron chi connectivity index (χ3n) is 3.94. The fourth-order valence-electron chi connectivity index (χ4n) is 2.64. The molecule has 0 saturated carbocycles. The molecular formula is C15H22BrFN2. The van der Waals surface area contributed by atoms with Gasteiger partial charge in [-0.2, -0.15) is 0 Å². The highest BCUT2D eigenvalue weighted by atomic mass is 79.9. The lowest BCUT2D eigenvalue weighted by molar-refractivity contribution is 0.325. The van der Waals surface area contributed by atoms with Gasteiger partial charge in [0.25, 0.3) is 0 Å². The molecule has 1 aromatic carbocycles. The van der Waals surface area contributed by atoms with Gasteiger partial charge in [-0.25, -0.2) is 4.39 Å². The van der Waals surface area contributed by atoms with E-state index < -0.39 is 0 Å². The van der Waals surface area contributed by atoms with Crippen molar-refractivity contribution >= 4 is 21.6 Å². The largest absolute Gasteiger partial charge is 0.365 e. The molecule has 0 aromatic heterocycles. The van der Waals surface area contributed by atoms with Crippen LogP contribution in [-0.2, 0) is 0 Å². The van der Waals surface area contributed by atoms with E-state index in [9.17, 15) is 4.39 Å². The molecule has 0 radical (unpaired) electrons. The molecule has 0 bridgehead atoms. The molecule has 2 unspecified atom stereocenters. The van der Waals surface area contributed by atoms with Crippen molar-refractivity contribution in [1.29, 1.82) is 0 Å². The highest BCUT2D eigenvalue weighted by Crippen LogP contribution is 2.31. The summed E-state index contributed by atoms with van der Waals surface area (Å²) in [6.45, 7) is 8.64. The number of nitrogens with zero attached hydrogens (tertiary/aromatic N) is 1. The van der Waals surface area contributed by atoms with Crippen LogP contribution in [0, 0.1) is 11.7 Å². The Morgan fingerprint density at radius 3 is 2.79 bits per heavy atom. The molecular weight excluding hydrogens is 307 g/mol. The number of halogens is 2. The molecule has 0 aliphatic carbocycles. The van der Waals surface area contributed by atoms with Gasteiger partial charge in [-0.3, -0.25) is 0 Å². The SMILES string of the molecule is CCC1CNC(C(C)C)CN1c1ccc(F)cc1Br. The van der Waals surface area contributed by atoms with Gasteiger partial charge in [-0.05, 0) is 46.5 Å². The first kappa shape index (κ1) is 14.8. The molecule has 1 aliphatic rings. The summed E-state index contributed by atoms with van der Waals surface area (Å²) >= 11 is 3.49. The van der Waals surface area contributed by atoms with Crippen LogP contribution in [-0.4, -0.2) is 25.2 Å². The first-order valence-corrected chi connectivity index (χ1v) is 7.77. The Balaban J connectivity index is 2.27. The predicted molar refractivity (Wildman–Crippen MR) is 82.2 cm³/mol. The van der Waals surface area contributed by atoms with Gasteiger partial charge in [0.05, 0.1) is 5.69 Å². The summed E-state index contributed by atoms with van der Waals surface area (Å²) in [5.74, 6) is 0.402. The quantitative estimate of drug-likeness (QED) is 0.907. The second-order valence-electron chi connectivity index (χ2n) is 5.57. The smallest absolute Gasteiger partial charge is 0.124 e. The molecule has 106 valence electrons. The van der Waals surface area contributed by atoms with E-state index in [1.54, 1.807) is 12.1 Å². The van der Waals surface area contributed by atoms with Gasteiger partial charge in [0.1, 0.15) is 5.82 Å². The Labute approximate surface area is 123 Å². The van der Waals surface area contributed by atoms with E-state index in [4.69, 9.17) is 0 Å². The Bertz CT molecular complexity index is 436. The van der Waals surface area contributed by atoms with Gasteiger partial charge in [0, 0.05) is 29.6 Å². The maximum absolute atomic E-state index is 13.2. The van der Waals surface area contributed by atoms with Crippen LogP contribution < -0.4 is 10.2 Å². The molecule has 1 fully saturated rings. The van der Waals surface area contributed by atoms with Crippen molar-refractivity contribution in [2.75, 3.05) is 18.0 Å². The molecule has 1 aromatic rings. The fraction of sp³-hybridized carbons (Fsp3) is 0.600. The second-order valence-corrected chi connectivity index (χ2v) is 6.42. The number of rotatable bonds is 3. The molecule has 0 spiro atoms. The van der Waals surface area contributed by atoms with Crippen LogP contribution in [0.2, 0.25) is 0 Å². The summed E-state index contributed by atoms with van der Waals surface area (Å²) in [5, 5.41) is 3.62. The molecule has 2 nitrogen and oxygen atoms in total. The lowest BCUT2D eigenvalue weighted by Gasteiger charge is -2.43. The highest BCUT2D eigenvalue weighted by molar-refractivity contribution is 9.10. The normalized spacial score (nSPS) is 24.0. The summed E-state index contributed by atoms with van der Waals surface area (Å²) in [6, 6.07) is 5.93. The van der Waals surface area contributed by atoms with Crippen LogP contribution in [0.15, 0.2) is 22.7 Å². The highest BCUT2D eigenvalue weighted by Gasteiger charge is 2.29.